The number of ether oxygens (including phenoxy) is 1. The minimum Gasteiger partial charge on any atom is -0.452 e. The van der Waals surface area contributed by atoms with Gasteiger partial charge in [0.15, 0.2) is 6.61 Å². The molecule has 7 heteroatoms. The van der Waals surface area contributed by atoms with Crippen LogP contribution in [-0.2, 0) is 9.53 Å². The number of likely N-dealkylation sites (tertiary alicyclic amines) is 1. The van der Waals surface area contributed by atoms with Gasteiger partial charge in [-0.1, -0.05) is 29.8 Å². The van der Waals surface area contributed by atoms with E-state index in [1.54, 1.807) is 11.8 Å². The van der Waals surface area contributed by atoms with Gasteiger partial charge in [0.05, 0.1) is 11.4 Å². The number of amides is 1. The number of carbonyl (C=O) groups excluding carboxylic acids is 2. The normalized spacial score (nSPS) is 14.0. The second kappa shape index (κ2) is 7.05. The summed E-state index contributed by atoms with van der Waals surface area (Å²) >= 11 is 6.31. The maximum absolute atomic E-state index is 12.3. The molecule has 0 saturated carbocycles. The topological polar surface area (TPSA) is 64.4 Å². The van der Waals surface area contributed by atoms with E-state index < -0.39 is 5.97 Å². The average molecular weight is 348 g/mol. The van der Waals surface area contributed by atoms with Gasteiger partial charge >= 0.3 is 5.97 Å². The molecule has 0 radical (unpaired) electrons. The summed E-state index contributed by atoms with van der Waals surface area (Å²) in [4.78, 5) is 26.0. The van der Waals surface area contributed by atoms with Crippen LogP contribution >= 0.6 is 11.6 Å². The second-order valence-corrected chi connectivity index (χ2v) is 6.02. The van der Waals surface area contributed by atoms with Crippen molar-refractivity contribution in [3.8, 4) is 5.69 Å². The Bertz CT molecular complexity index is 752. The monoisotopic (exact) mass is 347 g/mol. The first kappa shape index (κ1) is 16.5. The molecule has 1 aromatic carbocycles. The molecular formula is C17H18ClN3O3. The summed E-state index contributed by atoms with van der Waals surface area (Å²) < 4.78 is 6.63. The first-order chi connectivity index (χ1) is 11.6. The second-order valence-electron chi connectivity index (χ2n) is 5.66. The predicted octanol–water partition coefficient (Wildman–Crippen LogP) is 2.61. The fourth-order valence-corrected chi connectivity index (χ4v) is 3.08. The number of para-hydroxylation sites is 1. The van der Waals surface area contributed by atoms with Crippen LogP contribution in [0.15, 0.2) is 30.3 Å². The zero-order chi connectivity index (χ0) is 17.1. The van der Waals surface area contributed by atoms with E-state index in [2.05, 4.69) is 5.10 Å². The summed E-state index contributed by atoms with van der Waals surface area (Å²) in [5.41, 5.74) is 1.40. The number of aryl methyl sites for hydroxylation is 1. The molecule has 0 bridgehead atoms. The number of aromatic nitrogens is 2. The lowest BCUT2D eigenvalue weighted by Crippen LogP contribution is -2.32. The van der Waals surface area contributed by atoms with Crippen LogP contribution in [0.25, 0.3) is 5.69 Å². The molecule has 0 unspecified atom stereocenters. The summed E-state index contributed by atoms with van der Waals surface area (Å²) in [6.45, 7) is 2.86. The highest BCUT2D eigenvalue weighted by atomic mass is 35.5. The lowest BCUT2D eigenvalue weighted by molar-refractivity contribution is -0.133. The summed E-state index contributed by atoms with van der Waals surface area (Å²) in [7, 11) is 0. The molecule has 2 heterocycles. The van der Waals surface area contributed by atoms with E-state index in [0.29, 0.717) is 5.69 Å². The van der Waals surface area contributed by atoms with Crippen LogP contribution in [0.5, 0.6) is 0 Å². The van der Waals surface area contributed by atoms with Crippen molar-refractivity contribution in [3.63, 3.8) is 0 Å². The van der Waals surface area contributed by atoms with Crippen molar-refractivity contribution in [1.29, 1.82) is 0 Å². The SMILES string of the molecule is Cc1nn(-c2ccccc2)c(Cl)c1C(=O)OCC(=O)N1CCCC1. The highest BCUT2D eigenvalue weighted by Gasteiger charge is 2.24. The molecule has 1 fully saturated rings. The Balaban J connectivity index is 1.73. The van der Waals surface area contributed by atoms with Crippen LogP contribution in [0.2, 0.25) is 5.15 Å². The molecule has 6 nitrogen and oxygen atoms in total. The number of hydrogen-bond donors (Lipinski definition) is 0. The largest absolute Gasteiger partial charge is 0.452 e. The fourth-order valence-electron chi connectivity index (χ4n) is 2.73. The van der Waals surface area contributed by atoms with Gasteiger partial charge in [0.1, 0.15) is 10.7 Å². The summed E-state index contributed by atoms with van der Waals surface area (Å²) in [6.07, 6.45) is 1.99. The summed E-state index contributed by atoms with van der Waals surface area (Å²) in [6, 6.07) is 9.27. The maximum Gasteiger partial charge on any atom is 0.343 e. The molecule has 0 spiro atoms. The van der Waals surface area contributed by atoms with Gasteiger partial charge in [-0.3, -0.25) is 4.79 Å². The molecule has 2 aromatic rings. The van der Waals surface area contributed by atoms with Crippen molar-refractivity contribution in [1.82, 2.24) is 14.7 Å². The van der Waals surface area contributed by atoms with E-state index in [1.165, 1.54) is 4.68 Å². The zero-order valence-electron chi connectivity index (χ0n) is 13.4. The Kier molecular flexibility index (Phi) is 4.85. The van der Waals surface area contributed by atoms with Crippen LogP contribution in [0.4, 0.5) is 0 Å². The average Bonchev–Trinajstić information content (AvgIpc) is 3.22. The molecule has 126 valence electrons. The maximum atomic E-state index is 12.3. The van der Waals surface area contributed by atoms with Crippen molar-refractivity contribution in [2.75, 3.05) is 19.7 Å². The Labute approximate surface area is 145 Å². The van der Waals surface area contributed by atoms with E-state index >= 15 is 0 Å². The van der Waals surface area contributed by atoms with Crippen LogP contribution in [0.1, 0.15) is 28.9 Å². The Morgan fingerprint density at radius 1 is 1.21 bits per heavy atom. The van der Waals surface area contributed by atoms with Crippen molar-refractivity contribution in [2.24, 2.45) is 0 Å². The minimum absolute atomic E-state index is 0.176. The molecule has 0 aliphatic carbocycles. The van der Waals surface area contributed by atoms with E-state index in [1.807, 2.05) is 30.3 Å². The quantitative estimate of drug-likeness (QED) is 0.797. The Hall–Kier alpha value is -2.34. The predicted molar refractivity (Wildman–Crippen MR) is 89.4 cm³/mol. The highest BCUT2D eigenvalue weighted by Crippen LogP contribution is 2.24. The van der Waals surface area contributed by atoms with Crippen molar-refractivity contribution < 1.29 is 14.3 Å². The van der Waals surface area contributed by atoms with E-state index in [-0.39, 0.29) is 23.2 Å². The third-order valence-corrected chi connectivity index (χ3v) is 4.34. The molecule has 3 rings (SSSR count). The van der Waals surface area contributed by atoms with E-state index in [0.717, 1.165) is 31.6 Å². The van der Waals surface area contributed by atoms with Crippen molar-refractivity contribution in [2.45, 2.75) is 19.8 Å². The third kappa shape index (κ3) is 3.28. The minimum atomic E-state index is -0.632. The summed E-state index contributed by atoms with van der Waals surface area (Å²) in [5.74, 6) is -0.808. The van der Waals surface area contributed by atoms with Crippen molar-refractivity contribution in [3.05, 3.63) is 46.7 Å². The van der Waals surface area contributed by atoms with E-state index in [9.17, 15) is 9.59 Å². The van der Waals surface area contributed by atoms with E-state index in [4.69, 9.17) is 16.3 Å². The number of rotatable bonds is 4. The standard InChI is InChI=1S/C17H18ClN3O3/c1-12-15(16(18)21(19-12)13-7-3-2-4-8-13)17(23)24-11-14(22)20-9-5-6-10-20/h2-4,7-8H,5-6,9-11H2,1H3. The highest BCUT2D eigenvalue weighted by molar-refractivity contribution is 6.33. The van der Waals surface area contributed by atoms with Gasteiger partial charge in [-0.05, 0) is 31.9 Å². The van der Waals surface area contributed by atoms with Crippen molar-refractivity contribution >= 4 is 23.5 Å². The number of hydrogen-bond acceptors (Lipinski definition) is 4. The molecule has 1 aliphatic heterocycles. The third-order valence-electron chi connectivity index (χ3n) is 3.99. The molecular weight excluding hydrogens is 330 g/mol. The van der Waals surface area contributed by atoms with Crippen LogP contribution < -0.4 is 0 Å². The number of esters is 1. The first-order valence-electron chi connectivity index (χ1n) is 7.83. The van der Waals surface area contributed by atoms with Gasteiger partial charge in [-0.15, -0.1) is 0 Å². The first-order valence-corrected chi connectivity index (χ1v) is 8.21. The number of carbonyl (C=O) groups is 2. The smallest absolute Gasteiger partial charge is 0.343 e. The van der Waals surface area contributed by atoms with Crippen LogP contribution in [0.3, 0.4) is 0 Å². The molecule has 24 heavy (non-hydrogen) atoms. The van der Waals surface area contributed by atoms with Gasteiger partial charge in [0, 0.05) is 13.1 Å². The van der Waals surface area contributed by atoms with Crippen LogP contribution in [-0.4, -0.2) is 46.3 Å². The lowest BCUT2D eigenvalue weighted by atomic mass is 10.2. The fraction of sp³-hybridized carbons (Fsp3) is 0.353. The van der Waals surface area contributed by atoms with Crippen LogP contribution in [0, 0.1) is 6.92 Å². The lowest BCUT2D eigenvalue weighted by Gasteiger charge is -2.14. The zero-order valence-corrected chi connectivity index (χ0v) is 14.1. The summed E-state index contributed by atoms with van der Waals surface area (Å²) in [5, 5.41) is 4.47. The van der Waals surface area contributed by atoms with Gasteiger partial charge in [0.2, 0.25) is 0 Å². The molecule has 1 aliphatic rings. The van der Waals surface area contributed by atoms with Gasteiger partial charge in [-0.2, -0.15) is 5.10 Å². The molecule has 1 aromatic heterocycles. The molecule has 1 saturated heterocycles. The van der Waals surface area contributed by atoms with Gasteiger partial charge in [-0.25, -0.2) is 9.48 Å². The van der Waals surface area contributed by atoms with Gasteiger partial charge in [0.25, 0.3) is 5.91 Å². The number of benzene rings is 1. The Morgan fingerprint density at radius 2 is 1.88 bits per heavy atom. The molecule has 0 atom stereocenters. The number of nitrogens with zero attached hydrogens (tertiary/aromatic N) is 3. The molecule has 1 amide bonds. The Morgan fingerprint density at radius 3 is 2.54 bits per heavy atom. The number of halogens is 1. The molecule has 0 N–H and O–H groups in total. The van der Waals surface area contributed by atoms with Gasteiger partial charge < -0.3 is 9.64 Å².